The molecule has 0 aliphatic rings. The van der Waals surface area contributed by atoms with Gasteiger partial charge in [0.25, 0.3) is 0 Å². The summed E-state index contributed by atoms with van der Waals surface area (Å²) in [7, 11) is 0. The SMILES string of the molecule is NC(=O)Oc1[nH]c2cc(Br)ccc2c1N. The van der Waals surface area contributed by atoms with Crippen LogP contribution in [0.25, 0.3) is 10.9 Å². The van der Waals surface area contributed by atoms with Gasteiger partial charge in [-0.2, -0.15) is 0 Å². The van der Waals surface area contributed by atoms with Crippen molar-refractivity contribution in [3.8, 4) is 5.88 Å². The maximum absolute atomic E-state index is 10.6. The Morgan fingerprint density at radius 1 is 1.47 bits per heavy atom. The minimum atomic E-state index is -0.896. The number of amides is 1. The lowest BCUT2D eigenvalue weighted by Gasteiger charge is -1.96. The third kappa shape index (κ3) is 1.75. The van der Waals surface area contributed by atoms with Crippen LogP contribution in [-0.2, 0) is 0 Å². The fraction of sp³-hybridized carbons (Fsp3) is 0. The summed E-state index contributed by atoms with van der Waals surface area (Å²) >= 11 is 3.32. The van der Waals surface area contributed by atoms with Crippen LogP contribution < -0.4 is 16.2 Å². The Balaban J connectivity index is 2.58. The van der Waals surface area contributed by atoms with Crippen LogP contribution in [0.2, 0.25) is 0 Å². The Bertz CT molecular complexity index is 535. The molecular weight excluding hydrogens is 262 g/mol. The van der Waals surface area contributed by atoms with E-state index in [0.717, 1.165) is 15.4 Å². The summed E-state index contributed by atoms with van der Waals surface area (Å²) in [5, 5.41) is 0.787. The smallest absolute Gasteiger partial charge is 0.394 e. The van der Waals surface area contributed by atoms with Gasteiger partial charge in [0.15, 0.2) is 0 Å². The number of aromatic amines is 1. The molecule has 0 saturated heterocycles. The molecule has 0 saturated carbocycles. The number of fused-ring (bicyclic) bond motifs is 1. The number of nitrogens with two attached hydrogens (primary N) is 2. The normalized spacial score (nSPS) is 10.5. The summed E-state index contributed by atoms with van der Waals surface area (Å²) in [6.07, 6.45) is -0.896. The van der Waals surface area contributed by atoms with Gasteiger partial charge in [-0.25, -0.2) is 4.79 Å². The molecule has 1 aromatic heterocycles. The van der Waals surface area contributed by atoms with E-state index in [-0.39, 0.29) is 5.88 Å². The lowest BCUT2D eigenvalue weighted by atomic mass is 10.2. The molecule has 0 aliphatic heterocycles. The Hall–Kier alpha value is -1.69. The number of halogens is 1. The fourth-order valence-electron chi connectivity index (χ4n) is 1.35. The molecule has 0 atom stereocenters. The fourth-order valence-corrected chi connectivity index (χ4v) is 1.71. The van der Waals surface area contributed by atoms with Crippen LogP contribution in [0.5, 0.6) is 5.88 Å². The van der Waals surface area contributed by atoms with E-state index in [1.165, 1.54) is 0 Å². The monoisotopic (exact) mass is 269 g/mol. The van der Waals surface area contributed by atoms with Gasteiger partial charge >= 0.3 is 6.09 Å². The van der Waals surface area contributed by atoms with Crippen molar-refractivity contribution in [1.29, 1.82) is 0 Å². The quantitative estimate of drug-likeness (QED) is 0.739. The number of nitrogen functional groups attached to an aromatic ring is 1. The average molecular weight is 270 g/mol. The highest BCUT2D eigenvalue weighted by Gasteiger charge is 2.11. The lowest BCUT2D eigenvalue weighted by Crippen LogP contribution is -2.17. The van der Waals surface area contributed by atoms with Gasteiger partial charge in [0, 0.05) is 9.86 Å². The van der Waals surface area contributed by atoms with Gasteiger partial charge < -0.3 is 21.2 Å². The van der Waals surface area contributed by atoms with Crippen LogP contribution in [0, 0.1) is 0 Å². The molecule has 0 radical (unpaired) electrons. The van der Waals surface area contributed by atoms with Crippen molar-refractivity contribution in [1.82, 2.24) is 4.98 Å². The minimum absolute atomic E-state index is 0.176. The summed E-state index contributed by atoms with van der Waals surface area (Å²) in [5.74, 6) is 0.176. The Morgan fingerprint density at radius 2 is 2.20 bits per heavy atom. The van der Waals surface area contributed by atoms with Crippen molar-refractivity contribution in [2.24, 2.45) is 5.73 Å². The summed E-state index contributed by atoms with van der Waals surface area (Å²) in [6, 6.07) is 5.50. The highest BCUT2D eigenvalue weighted by atomic mass is 79.9. The molecule has 15 heavy (non-hydrogen) atoms. The van der Waals surface area contributed by atoms with E-state index in [1.54, 1.807) is 0 Å². The van der Waals surface area contributed by atoms with Crippen LogP contribution in [0.1, 0.15) is 0 Å². The summed E-state index contributed by atoms with van der Waals surface area (Å²) < 4.78 is 5.62. The molecule has 5 N–H and O–H groups in total. The first-order chi connectivity index (χ1) is 7.08. The first-order valence-electron chi connectivity index (χ1n) is 4.12. The Morgan fingerprint density at radius 3 is 2.87 bits per heavy atom. The van der Waals surface area contributed by atoms with Crippen LogP contribution >= 0.6 is 15.9 Å². The second kappa shape index (κ2) is 3.47. The van der Waals surface area contributed by atoms with E-state index in [2.05, 4.69) is 20.9 Å². The van der Waals surface area contributed by atoms with Crippen LogP contribution in [0.15, 0.2) is 22.7 Å². The number of hydrogen-bond acceptors (Lipinski definition) is 3. The number of anilines is 1. The van der Waals surface area contributed by atoms with Crippen molar-refractivity contribution in [3.05, 3.63) is 22.7 Å². The zero-order valence-electron chi connectivity index (χ0n) is 7.58. The zero-order chi connectivity index (χ0) is 11.0. The number of H-pyrrole nitrogens is 1. The van der Waals surface area contributed by atoms with Crippen molar-refractivity contribution >= 4 is 38.6 Å². The second-order valence-corrected chi connectivity index (χ2v) is 3.89. The number of aromatic nitrogens is 1. The lowest BCUT2D eigenvalue weighted by molar-refractivity contribution is 0.209. The molecule has 2 rings (SSSR count). The number of primary amides is 1. The summed E-state index contributed by atoms with van der Waals surface area (Å²) in [5.41, 5.74) is 11.8. The third-order valence-electron chi connectivity index (χ3n) is 1.97. The van der Waals surface area contributed by atoms with E-state index in [4.69, 9.17) is 16.2 Å². The number of nitrogens with one attached hydrogen (secondary N) is 1. The highest BCUT2D eigenvalue weighted by molar-refractivity contribution is 9.10. The van der Waals surface area contributed by atoms with E-state index in [9.17, 15) is 4.79 Å². The molecule has 0 spiro atoms. The minimum Gasteiger partial charge on any atom is -0.394 e. The predicted octanol–water partition coefficient (Wildman–Crippen LogP) is 1.97. The van der Waals surface area contributed by atoms with Gasteiger partial charge in [0.1, 0.15) is 5.69 Å². The number of carbonyl (C=O) groups excluding carboxylic acids is 1. The van der Waals surface area contributed by atoms with Crippen LogP contribution in [0.4, 0.5) is 10.5 Å². The van der Waals surface area contributed by atoms with Gasteiger partial charge in [-0.15, -0.1) is 0 Å². The number of rotatable bonds is 1. The molecule has 2 aromatic rings. The highest BCUT2D eigenvalue weighted by Crippen LogP contribution is 2.32. The second-order valence-electron chi connectivity index (χ2n) is 2.98. The molecule has 0 aliphatic carbocycles. The van der Waals surface area contributed by atoms with Gasteiger partial charge in [-0.1, -0.05) is 15.9 Å². The first kappa shape index (κ1) is 9.85. The van der Waals surface area contributed by atoms with E-state index >= 15 is 0 Å². The van der Waals surface area contributed by atoms with E-state index in [0.29, 0.717) is 5.69 Å². The summed E-state index contributed by atoms with van der Waals surface area (Å²) in [4.78, 5) is 13.4. The number of benzene rings is 1. The molecule has 1 heterocycles. The number of ether oxygens (including phenoxy) is 1. The maximum atomic E-state index is 10.6. The van der Waals surface area contributed by atoms with Gasteiger partial charge in [0.2, 0.25) is 5.88 Å². The number of hydrogen-bond donors (Lipinski definition) is 3. The molecule has 0 bridgehead atoms. The molecule has 5 nitrogen and oxygen atoms in total. The standard InChI is InChI=1S/C9H8BrN3O2/c10-4-1-2-5-6(3-4)13-8(7(5)11)15-9(12)14/h1-3,13H,11H2,(H2,12,14). The third-order valence-corrected chi connectivity index (χ3v) is 2.46. The topological polar surface area (TPSA) is 94.1 Å². The van der Waals surface area contributed by atoms with Crippen LogP contribution in [0.3, 0.4) is 0 Å². The van der Waals surface area contributed by atoms with E-state index < -0.39 is 6.09 Å². The molecular formula is C9H8BrN3O2. The molecule has 0 fully saturated rings. The predicted molar refractivity (Wildman–Crippen MR) is 60.6 cm³/mol. The molecule has 6 heteroatoms. The largest absolute Gasteiger partial charge is 0.411 e. The molecule has 1 aromatic carbocycles. The van der Waals surface area contributed by atoms with Gasteiger partial charge in [-0.05, 0) is 18.2 Å². The average Bonchev–Trinajstić information content (AvgIpc) is 2.42. The summed E-state index contributed by atoms with van der Waals surface area (Å²) in [6.45, 7) is 0. The van der Waals surface area contributed by atoms with Crippen molar-refractivity contribution in [2.45, 2.75) is 0 Å². The van der Waals surface area contributed by atoms with Gasteiger partial charge in [-0.3, -0.25) is 0 Å². The maximum Gasteiger partial charge on any atom is 0.411 e. The molecule has 0 unspecified atom stereocenters. The van der Waals surface area contributed by atoms with Crippen molar-refractivity contribution in [3.63, 3.8) is 0 Å². The van der Waals surface area contributed by atoms with Gasteiger partial charge in [0.05, 0.1) is 5.52 Å². The molecule has 78 valence electrons. The molecule has 1 amide bonds. The van der Waals surface area contributed by atoms with Crippen molar-refractivity contribution < 1.29 is 9.53 Å². The van der Waals surface area contributed by atoms with Crippen LogP contribution in [-0.4, -0.2) is 11.1 Å². The zero-order valence-corrected chi connectivity index (χ0v) is 9.17. The number of carbonyl (C=O) groups is 1. The Labute approximate surface area is 93.5 Å². The van der Waals surface area contributed by atoms with E-state index in [1.807, 2.05) is 18.2 Å². The first-order valence-corrected chi connectivity index (χ1v) is 4.91. The van der Waals surface area contributed by atoms with Crippen molar-refractivity contribution in [2.75, 3.05) is 5.73 Å². The Kier molecular flexibility index (Phi) is 2.28.